The van der Waals surface area contributed by atoms with Crippen molar-refractivity contribution < 1.29 is 0 Å². The summed E-state index contributed by atoms with van der Waals surface area (Å²) in [5, 5.41) is 27.0. The first-order chi connectivity index (χ1) is 20.9. The van der Waals surface area contributed by atoms with Crippen molar-refractivity contribution in [3.05, 3.63) is 133 Å². The van der Waals surface area contributed by atoms with Crippen LogP contribution >= 0.6 is 0 Å². The Bertz CT molecular complexity index is 2740. The van der Waals surface area contributed by atoms with Crippen LogP contribution in [0.2, 0.25) is 0 Å². The van der Waals surface area contributed by atoms with Crippen molar-refractivity contribution in [2.24, 2.45) is 0 Å². The summed E-state index contributed by atoms with van der Waals surface area (Å²) in [6.45, 7) is 0. The Morgan fingerprint density at radius 3 is 0.952 bits per heavy atom. The summed E-state index contributed by atoms with van der Waals surface area (Å²) in [4.78, 5) is 0. The SMILES string of the molecule is c1ccc2c(c1)cc1c3c2cccc3c2ccc3c4cccc5c6ccccc6cc(c54)c4c5ccccc5c1c2c34. The van der Waals surface area contributed by atoms with E-state index in [1.807, 2.05) is 0 Å². The van der Waals surface area contributed by atoms with Crippen LogP contribution in [0.4, 0.5) is 0 Å². The van der Waals surface area contributed by atoms with Gasteiger partial charge in [0.25, 0.3) is 0 Å². The molecule has 0 atom stereocenters. The Morgan fingerprint density at radius 1 is 0.190 bits per heavy atom. The first-order valence-electron chi connectivity index (χ1n) is 14.8. The number of hydrogen-bond donors (Lipinski definition) is 0. The van der Waals surface area contributed by atoms with Gasteiger partial charge in [-0.05, 0) is 120 Å². The predicted octanol–water partition coefficient (Wildman–Crippen LogP) is 12.1. The molecule has 0 amide bonds. The molecular formula is C42H22. The van der Waals surface area contributed by atoms with E-state index in [9.17, 15) is 0 Å². The van der Waals surface area contributed by atoms with Gasteiger partial charge in [0.2, 0.25) is 0 Å². The molecule has 0 N–H and O–H groups in total. The van der Waals surface area contributed by atoms with Gasteiger partial charge in [0.1, 0.15) is 0 Å². The molecule has 0 aliphatic carbocycles. The minimum Gasteiger partial charge on any atom is -0.0616 e. The summed E-state index contributed by atoms with van der Waals surface area (Å²) >= 11 is 0. The van der Waals surface area contributed by atoms with Crippen molar-refractivity contribution in [2.45, 2.75) is 0 Å². The Morgan fingerprint density at radius 2 is 0.500 bits per heavy atom. The van der Waals surface area contributed by atoms with Gasteiger partial charge in [-0.2, -0.15) is 0 Å². The van der Waals surface area contributed by atoms with Gasteiger partial charge in [0, 0.05) is 0 Å². The lowest BCUT2D eigenvalue weighted by atomic mass is 9.80. The molecule has 0 nitrogen and oxygen atoms in total. The molecule has 0 saturated carbocycles. The quantitative estimate of drug-likeness (QED) is 0.136. The lowest BCUT2D eigenvalue weighted by Crippen LogP contribution is -1.94. The van der Waals surface area contributed by atoms with Crippen molar-refractivity contribution in [1.82, 2.24) is 0 Å². The zero-order valence-corrected chi connectivity index (χ0v) is 22.7. The lowest BCUT2D eigenvalue weighted by Gasteiger charge is -2.22. The van der Waals surface area contributed by atoms with Gasteiger partial charge in [-0.15, -0.1) is 0 Å². The largest absolute Gasteiger partial charge is 0.0616 e. The molecule has 0 saturated heterocycles. The number of fused-ring (bicyclic) bond motifs is 11. The summed E-state index contributed by atoms with van der Waals surface area (Å²) in [6, 6.07) is 50.3. The molecule has 42 heavy (non-hydrogen) atoms. The maximum Gasteiger partial charge on any atom is -0.000740 e. The molecule has 0 heteroatoms. The molecular weight excluding hydrogens is 504 g/mol. The van der Waals surface area contributed by atoms with Crippen LogP contribution in [0.3, 0.4) is 0 Å². The maximum atomic E-state index is 2.45. The van der Waals surface area contributed by atoms with E-state index in [0.29, 0.717) is 0 Å². The van der Waals surface area contributed by atoms with E-state index in [2.05, 4.69) is 133 Å². The Labute approximate surface area is 240 Å². The van der Waals surface area contributed by atoms with Crippen LogP contribution in [-0.4, -0.2) is 0 Å². The van der Waals surface area contributed by atoms with Gasteiger partial charge in [0.15, 0.2) is 0 Å². The summed E-state index contributed by atoms with van der Waals surface area (Å²) in [6.07, 6.45) is 0. The first-order valence-corrected chi connectivity index (χ1v) is 14.8. The normalized spacial score (nSPS) is 12.8. The van der Waals surface area contributed by atoms with Crippen LogP contribution in [0.15, 0.2) is 133 Å². The van der Waals surface area contributed by atoms with Crippen molar-refractivity contribution in [2.75, 3.05) is 0 Å². The van der Waals surface area contributed by atoms with Gasteiger partial charge in [-0.25, -0.2) is 0 Å². The van der Waals surface area contributed by atoms with Crippen LogP contribution in [0, 0.1) is 0 Å². The molecule has 0 fully saturated rings. The fourth-order valence-corrected chi connectivity index (χ4v) is 8.49. The molecule has 0 aliphatic rings. The van der Waals surface area contributed by atoms with Crippen molar-refractivity contribution in [1.29, 1.82) is 0 Å². The highest BCUT2D eigenvalue weighted by Gasteiger charge is 2.23. The van der Waals surface area contributed by atoms with E-state index in [0.717, 1.165) is 0 Å². The average Bonchev–Trinajstić information content (AvgIpc) is 3.05. The van der Waals surface area contributed by atoms with Crippen molar-refractivity contribution in [3.63, 3.8) is 0 Å². The van der Waals surface area contributed by atoms with Crippen LogP contribution in [-0.2, 0) is 0 Å². The molecule has 190 valence electrons. The van der Waals surface area contributed by atoms with E-state index in [1.54, 1.807) is 0 Å². The summed E-state index contributed by atoms with van der Waals surface area (Å²) in [5.41, 5.74) is 0. The fourth-order valence-electron chi connectivity index (χ4n) is 8.49. The second kappa shape index (κ2) is 7.24. The third-order valence-electron chi connectivity index (χ3n) is 10.1. The van der Waals surface area contributed by atoms with E-state index >= 15 is 0 Å². The molecule has 11 aromatic rings. The van der Waals surface area contributed by atoms with E-state index < -0.39 is 0 Å². The molecule has 0 aliphatic heterocycles. The van der Waals surface area contributed by atoms with Crippen LogP contribution in [0.1, 0.15) is 0 Å². The van der Waals surface area contributed by atoms with Gasteiger partial charge in [-0.1, -0.05) is 121 Å². The molecule has 0 spiro atoms. The van der Waals surface area contributed by atoms with E-state index in [4.69, 9.17) is 0 Å². The monoisotopic (exact) mass is 526 g/mol. The second-order valence-corrected chi connectivity index (χ2v) is 12.0. The Hall–Kier alpha value is -5.46. The molecule has 11 aromatic carbocycles. The summed E-state index contributed by atoms with van der Waals surface area (Å²) in [5.74, 6) is 0. The zero-order valence-electron chi connectivity index (χ0n) is 22.7. The van der Waals surface area contributed by atoms with Gasteiger partial charge >= 0.3 is 0 Å². The number of benzene rings is 11. The summed E-state index contributed by atoms with van der Waals surface area (Å²) < 4.78 is 0. The first kappa shape index (κ1) is 21.3. The highest BCUT2D eigenvalue weighted by atomic mass is 14.3. The third kappa shape index (κ3) is 2.35. The van der Waals surface area contributed by atoms with Crippen LogP contribution in [0.5, 0.6) is 0 Å². The van der Waals surface area contributed by atoms with Gasteiger partial charge in [-0.3, -0.25) is 0 Å². The molecule has 0 aromatic heterocycles. The average molecular weight is 527 g/mol. The molecule has 0 heterocycles. The topological polar surface area (TPSA) is 0 Å². The van der Waals surface area contributed by atoms with Crippen LogP contribution < -0.4 is 0 Å². The molecule has 11 rings (SSSR count). The zero-order chi connectivity index (χ0) is 27.1. The lowest BCUT2D eigenvalue weighted by molar-refractivity contribution is 1.79. The van der Waals surface area contributed by atoms with Gasteiger partial charge < -0.3 is 0 Å². The molecule has 0 radical (unpaired) electrons. The Balaban J connectivity index is 1.56. The maximum absolute atomic E-state index is 2.45. The van der Waals surface area contributed by atoms with Crippen LogP contribution in [0.25, 0.3) is 108 Å². The number of hydrogen-bond acceptors (Lipinski definition) is 0. The third-order valence-corrected chi connectivity index (χ3v) is 10.1. The standard InChI is InChI=1S/C42H22/c1-3-11-25-23(9-1)21-35-37-27(25)15-7-17-29(37)33-19-20-34-30-18-8-16-28-26-12-4-2-10-24(26)22-36(38(28)30)40-32-14-6-5-13-31(32)39(35)41(33)42(34)40/h1-22H. The predicted molar refractivity (Wildman–Crippen MR) is 184 cm³/mol. The fraction of sp³-hybridized carbons (Fsp3) is 0. The highest BCUT2D eigenvalue weighted by molar-refractivity contribution is 6.50. The highest BCUT2D eigenvalue weighted by Crippen LogP contribution is 2.52. The van der Waals surface area contributed by atoms with Crippen molar-refractivity contribution >= 4 is 108 Å². The smallest absolute Gasteiger partial charge is 0.000740 e. The number of rotatable bonds is 0. The minimum atomic E-state index is 1.30. The van der Waals surface area contributed by atoms with E-state index in [1.165, 1.54) is 108 Å². The van der Waals surface area contributed by atoms with Gasteiger partial charge in [0.05, 0.1) is 0 Å². The Kier molecular flexibility index (Phi) is 3.67. The van der Waals surface area contributed by atoms with E-state index in [-0.39, 0.29) is 0 Å². The molecule has 0 unspecified atom stereocenters. The van der Waals surface area contributed by atoms with Crippen molar-refractivity contribution in [3.8, 4) is 0 Å². The second-order valence-electron chi connectivity index (χ2n) is 12.0. The molecule has 0 bridgehead atoms. The minimum absolute atomic E-state index is 1.30. The summed E-state index contributed by atoms with van der Waals surface area (Å²) in [7, 11) is 0.